The van der Waals surface area contributed by atoms with Gasteiger partial charge in [-0.05, 0) is 32.1 Å². The topological polar surface area (TPSA) is 97.1 Å². The lowest BCUT2D eigenvalue weighted by molar-refractivity contribution is 0.126. The number of rotatable bonds is 5. The largest absolute Gasteiger partial charge is 0.393 e. The minimum atomic E-state index is -1.06. The predicted octanol–water partition coefficient (Wildman–Crippen LogP) is 3.34. The van der Waals surface area contributed by atoms with Gasteiger partial charge in [0.2, 0.25) is 5.95 Å². The van der Waals surface area contributed by atoms with Gasteiger partial charge >= 0.3 is 0 Å². The van der Waals surface area contributed by atoms with Crippen molar-refractivity contribution in [1.82, 2.24) is 19.6 Å². The van der Waals surface area contributed by atoms with E-state index in [1.54, 1.807) is 0 Å². The van der Waals surface area contributed by atoms with Gasteiger partial charge in [0, 0.05) is 30.7 Å². The van der Waals surface area contributed by atoms with E-state index < -0.39 is 23.1 Å². The molecule has 2 aromatic heterocycles. The van der Waals surface area contributed by atoms with Crippen LogP contribution in [0, 0.1) is 17.5 Å². The number of anilines is 2. The summed E-state index contributed by atoms with van der Waals surface area (Å²) < 4.78 is 48.8. The molecule has 32 heavy (non-hydrogen) atoms. The number of nitrogens with zero attached hydrogens (tertiary/aromatic N) is 4. The number of hydrogen-bond acceptors (Lipinski definition) is 7. The Morgan fingerprint density at radius 2 is 1.78 bits per heavy atom. The third-order valence-corrected chi connectivity index (χ3v) is 6.00. The Kier molecular flexibility index (Phi) is 5.60. The normalized spacial score (nSPS) is 23.6. The van der Waals surface area contributed by atoms with Crippen LogP contribution in [0.3, 0.4) is 0 Å². The molecule has 8 nitrogen and oxygen atoms in total. The Bertz CT molecular complexity index is 1100. The molecule has 2 fully saturated rings. The molecule has 3 heterocycles. The van der Waals surface area contributed by atoms with Crippen molar-refractivity contribution in [3.63, 3.8) is 0 Å². The molecule has 0 spiro atoms. The molecule has 3 N–H and O–H groups in total. The summed E-state index contributed by atoms with van der Waals surface area (Å²) in [6.45, 7) is 0.974. The van der Waals surface area contributed by atoms with Crippen LogP contribution in [0.1, 0.15) is 43.8 Å². The van der Waals surface area contributed by atoms with Crippen LogP contribution in [0.15, 0.2) is 18.3 Å². The van der Waals surface area contributed by atoms with Gasteiger partial charge in [0.15, 0.2) is 17.3 Å². The Balaban J connectivity index is 1.50. The van der Waals surface area contributed by atoms with Gasteiger partial charge in [-0.1, -0.05) is 0 Å². The average molecular weight is 448 g/mol. The molecular weight excluding hydrogens is 425 g/mol. The lowest BCUT2D eigenvalue weighted by Crippen LogP contribution is -2.28. The second kappa shape index (κ2) is 8.55. The van der Waals surface area contributed by atoms with Crippen LogP contribution in [-0.2, 0) is 4.74 Å². The van der Waals surface area contributed by atoms with Crippen molar-refractivity contribution in [2.24, 2.45) is 0 Å². The van der Waals surface area contributed by atoms with Gasteiger partial charge in [0.1, 0.15) is 22.8 Å². The quantitative estimate of drug-likeness (QED) is 0.551. The van der Waals surface area contributed by atoms with Gasteiger partial charge in [-0.15, -0.1) is 0 Å². The van der Waals surface area contributed by atoms with E-state index in [9.17, 15) is 18.3 Å². The van der Waals surface area contributed by atoms with E-state index in [-0.39, 0.29) is 18.1 Å². The van der Waals surface area contributed by atoms with E-state index in [4.69, 9.17) is 4.74 Å². The molecule has 170 valence electrons. The van der Waals surface area contributed by atoms with Crippen molar-refractivity contribution in [2.45, 2.75) is 50.2 Å². The highest BCUT2D eigenvalue weighted by atomic mass is 19.1. The summed E-state index contributed by atoms with van der Waals surface area (Å²) in [5.41, 5.74) is 2.99. The molecule has 1 atom stereocenters. The SMILES string of the molecule is OC1CCC(Nc2ncc3c(n2)nc(C2CCOC2)n3Nc2c(F)cc(F)cc2F)CC1. The maximum absolute atomic E-state index is 14.3. The van der Waals surface area contributed by atoms with E-state index >= 15 is 0 Å². The molecule has 1 unspecified atom stereocenters. The monoisotopic (exact) mass is 448 g/mol. The third-order valence-electron chi connectivity index (χ3n) is 6.00. The van der Waals surface area contributed by atoms with Crippen molar-refractivity contribution in [2.75, 3.05) is 24.0 Å². The molecule has 0 amide bonds. The standard InChI is InChI=1S/C21H23F3N6O2/c22-12-7-15(23)18(16(24)8-12)29-30-17-9-25-21(26-13-1-3-14(31)4-2-13)28-19(17)27-20(30)11-5-6-32-10-11/h7-9,11,13-14,29,31H,1-6,10H2,(H,25,26,28). The van der Waals surface area contributed by atoms with E-state index in [1.165, 1.54) is 10.9 Å². The van der Waals surface area contributed by atoms with Crippen molar-refractivity contribution < 1.29 is 23.0 Å². The van der Waals surface area contributed by atoms with Crippen LogP contribution in [-0.4, -0.2) is 50.1 Å². The number of fused-ring (bicyclic) bond motifs is 1. The van der Waals surface area contributed by atoms with Gasteiger partial charge in [-0.2, -0.15) is 4.98 Å². The molecule has 5 rings (SSSR count). The van der Waals surface area contributed by atoms with Crippen molar-refractivity contribution >= 4 is 22.8 Å². The average Bonchev–Trinajstić information content (AvgIpc) is 3.40. The number of nitrogens with one attached hydrogen (secondary N) is 2. The zero-order valence-electron chi connectivity index (χ0n) is 17.2. The van der Waals surface area contributed by atoms with E-state index in [0.29, 0.717) is 54.7 Å². The fraction of sp³-hybridized carbons (Fsp3) is 0.476. The Morgan fingerprint density at radius 1 is 1.03 bits per heavy atom. The summed E-state index contributed by atoms with van der Waals surface area (Å²) in [7, 11) is 0. The van der Waals surface area contributed by atoms with Gasteiger partial charge in [0.25, 0.3) is 0 Å². The van der Waals surface area contributed by atoms with Gasteiger partial charge < -0.3 is 15.2 Å². The maximum Gasteiger partial charge on any atom is 0.225 e. The van der Waals surface area contributed by atoms with Crippen molar-refractivity contribution in [3.05, 3.63) is 41.6 Å². The molecule has 0 radical (unpaired) electrons. The Labute approximate surface area is 181 Å². The van der Waals surface area contributed by atoms with Crippen LogP contribution in [0.2, 0.25) is 0 Å². The summed E-state index contributed by atoms with van der Waals surface area (Å²) >= 11 is 0. The molecule has 11 heteroatoms. The molecule has 1 aliphatic carbocycles. The lowest BCUT2D eigenvalue weighted by atomic mass is 9.93. The summed E-state index contributed by atoms with van der Waals surface area (Å²) in [6.07, 6.45) is 5.03. The van der Waals surface area contributed by atoms with E-state index in [2.05, 4.69) is 25.7 Å². The number of benzene rings is 1. The van der Waals surface area contributed by atoms with Crippen molar-refractivity contribution in [3.8, 4) is 0 Å². The lowest BCUT2D eigenvalue weighted by Gasteiger charge is -2.26. The summed E-state index contributed by atoms with van der Waals surface area (Å²) in [5, 5.41) is 13.0. The highest BCUT2D eigenvalue weighted by Crippen LogP contribution is 2.30. The first-order chi connectivity index (χ1) is 15.5. The molecular formula is C21H23F3N6O2. The number of hydrogen-bond donors (Lipinski definition) is 3. The molecule has 1 saturated carbocycles. The zero-order chi connectivity index (χ0) is 22.2. The predicted molar refractivity (Wildman–Crippen MR) is 111 cm³/mol. The van der Waals surface area contributed by atoms with E-state index in [1.807, 2.05) is 0 Å². The van der Waals surface area contributed by atoms with Crippen LogP contribution in [0.5, 0.6) is 0 Å². The second-order valence-electron chi connectivity index (χ2n) is 8.27. The van der Waals surface area contributed by atoms with Crippen LogP contribution in [0.25, 0.3) is 11.2 Å². The zero-order valence-corrected chi connectivity index (χ0v) is 17.2. The summed E-state index contributed by atoms with van der Waals surface area (Å²) in [4.78, 5) is 13.5. The first-order valence-corrected chi connectivity index (χ1v) is 10.7. The number of aliphatic hydroxyl groups excluding tert-OH is 1. The molecule has 2 aliphatic rings. The number of ether oxygens (including phenoxy) is 1. The maximum atomic E-state index is 14.3. The highest BCUT2D eigenvalue weighted by Gasteiger charge is 2.27. The third kappa shape index (κ3) is 4.09. The minimum Gasteiger partial charge on any atom is -0.393 e. The number of aliphatic hydroxyl groups is 1. The van der Waals surface area contributed by atoms with Gasteiger partial charge in [-0.25, -0.2) is 27.8 Å². The molecule has 1 saturated heterocycles. The van der Waals surface area contributed by atoms with Crippen LogP contribution >= 0.6 is 0 Å². The first kappa shape index (κ1) is 21.0. The molecule has 1 aromatic carbocycles. The van der Waals surface area contributed by atoms with Crippen molar-refractivity contribution in [1.29, 1.82) is 0 Å². The smallest absolute Gasteiger partial charge is 0.225 e. The van der Waals surface area contributed by atoms with Crippen LogP contribution < -0.4 is 10.7 Å². The van der Waals surface area contributed by atoms with Gasteiger partial charge in [0.05, 0.1) is 18.9 Å². The van der Waals surface area contributed by atoms with E-state index in [0.717, 1.165) is 25.7 Å². The highest BCUT2D eigenvalue weighted by molar-refractivity contribution is 5.73. The number of aromatic nitrogens is 4. The fourth-order valence-corrected chi connectivity index (χ4v) is 4.25. The number of imidazole rings is 1. The van der Waals surface area contributed by atoms with Gasteiger partial charge in [-0.3, -0.25) is 5.43 Å². The fourth-order valence-electron chi connectivity index (χ4n) is 4.25. The summed E-state index contributed by atoms with van der Waals surface area (Å²) in [6, 6.07) is 1.38. The molecule has 1 aliphatic heterocycles. The molecule has 3 aromatic rings. The molecule has 0 bridgehead atoms. The second-order valence-corrected chi connectivity index (χ2v) is 8.27. The minimum absolute atomic E-state index is 0.0977. The van der Waals surface area contributed by atoms with Crippen LogP contribution in [0.4, 0.5) is 24.8 Å². The Morgan fingerprint density at radius 3 is 2.47 bits per heavy atom. The Hall–Kier alpha value is -2.92. The number of halogens is 3. The first-order valence-electron chi connectivity index (χ1n) is 10.7. The summed E-state index contributed by atoms with van der Waals surface area (Å²) in [5.74, 6) is -2.31.